The van der Waals surface area contributed by atoms with Crippen LogP contribution in [0.25, 0.3) is 0 Å². The van der Waals surface area contributed by atoms with Crippen LogP contribution in [0.2, 0.25) is 0 Å². The summed E-state index contributed by atoms with van der Waals surface area (Å²) in [6.45, 7) is 4.52. The molecule has 0 heterocycles. The molecule has 28 heavy (non-hydrogen) atoms. The fraction of sp³-hybridized carbons (Fsp3) is 0.130. The molecule has 1 amide bonds. The number of carbonyl (C=O) groups is 1. The molecule has 5 heteroatoms. The molecule has 0 aliphatic rings. The molecule has 0 atom stereocenters. The van der Waals surface area contributed by atoms with Crippen LogP contribution in [0, 0.1) is 13.8 Å². The number of rotatable bonds is 5. The number of anilines is 1. The molecule has 0 aromatic heterocycles. The first-order chi connectivity index (χ1) is 13.5. The van der Waals surface area contributed by atoms with Gasteiger partial charge in [0.15, 0.2) is 5.11 Å². The van der Waals surface area contributed by atoms with Crippen LogP contribution < -0.4 is 15.4 Å². The predicted octanol–water partition coefficient (Wildman–Crippen LogP) is 5.01. The van der Waals surface area contributed by atoms with Crippen LogP contribution in [0.3, 0.4) is 0 Å². The standard InChI is InChI=1S/C23H22N2O2S/c1-16-7-6-10-21(17(16)2)24-23(28)25-22(26)19-11-13-20(14-12-19)27-15-18-8-4-3-5-9-18/h3-14H,15H2,1-2H3,(H2,24,25,26,28). The first-order valence-electron chi connectivity index (χ1n) is 8.98. The van der Waals surface area contributed by atoms with Crippen molar-refractivity contribution in [1.29, 1.82) is 0 Å². The predicted molar refractivity (Wildman–Crippen MR) is 117 cm³/mol. The topological polar surface area (TPSA) is 50.4 Å². The van der Waals surface area contributed by atoms with Gasteiger partial charge in [-0.25, -0.2) is 0 Å². The Morgan fingerprint density at radius 2 is 1.64 bits per heavy atom. The van der Waals surface area contributed by atoms with Gasteiger partial charge in [0.05, 0.1) is 0 Å². The van der Waals surface area contributed by atoms with Gasteiger partial charge in [-0.3, -0.25) is 10.1 Å². The molecule has 3 aromatic rings. The van der Waals surface area contributed by atoms with Crippen molar-refractivity contribution in [3.05, 3.63) is 95.1 Å². The molecular weight excluding hydrogens is 368 g/mol. The zero-order chi connectivity index (χ0) is 19.9. The molecular formula is C23H22N2O2S. The second-order valence-electron chi connectivity index (χ2n) is 6.45. The molecule has 0 unspecified atom stereocenters. The summed E-state index contributed by atoms with van der Waals surface area (Å²) >= 11 is 5.27. The molecule has 0 aliphatic carbocycles. The molecule has 142 valence electrons. The summed E-state index contributed by atoms with van der Waals surface area (Å²) in [5, 5.41) is 6.05. The van der Waals surface area contributed by atoms with E-state index in [1.54, 1.807) is 24.3 Å². The van der Waals surface area contributed by atoms with Crippen LogP contribution in [-0.2, 0) is 6.61 Å². The average Bonchev–Trinajstić information content (AvgIpc) is 2.71. The Morgan fingerprint density at radius 3 is 2.36 bits per heavy atom. The van der Waals surface area contributed by atoms with Gasteiger partial charge < -0.3 is 10.1 Å². The maximum absolute atomic E-state index is 12.4. The Labute approximate surface area is 170 Å². The summed E-state index contributed by atoms with van der Waals surface area (Å²) in [6.07, 6.45) is 0. The largest absolute Gasteiger partial charge is 0.489 e. The van der Waals surface area contributed by atoms with E-state index in [1.807, 2.05) is 62.4 Å². The molecule has 0 saturated carbocycles. The highest BCUT2D eigenvalue weighted by atomic mass is 32.1. The lowest BCUT2D eigenvalue weighted by molar-refractivity contribution is 0.0977. The molecule has 0 saturated heterocycles. The Bertz CT molecular complexity index is 970. The monoisotopic (exact) mass is 390 g/mol. The molecule has 0 radical (unpaired) electrons. The minimum absolute atomic E-state index is 0.266. The zero-order valence-corrected chi connectivity index (χ0v) is 16.7. The van der Waals surface area contributed by atoms with Crippen molar-refractivity contribution in [2.45, 2.75) is 20.5 Å². The van der Waals surface area contributed by atoms with Crippen LogP contribution >= 0.6 is 12.2 Å². The highest BCUT2D eigenvalue weighted by Gasteiger charge is 2.09. The first kappa shape index (κ1) is 19.6. The van der Waals surface area contributed by atoms with Crippen LogP contribution in [0.5, 0.6) is 5.75 Å². The molecule has 4 nitrogen and oxygen atoms in total. The lowest BCUT2D eigenvalue weighted by Crippen LogP contribution is -2.34. The van der Waals surface area contributed by atoms with E-state index in [0.29, 0.717) is 17.9 Å². The number of amides is 1. The van der Waals surface area contributed by atoms with Gasteiger partial charge in [0, 0.05) is 11.3 Å². The van der Waals surface area contributed by atoms with Crippen LogP contribution in [0.1, 0.15) is 27.0 Å². The number of hydrogen-bond acceptors (Lipinski definition) is 3. The smallest absolute Gasteiger partial charge is 0.257 e. The minimum Gasteiger partial charge on any atom is -0.489 e. The lowest BCUT2D eigenvalue weighted by atomic mass is 10.1. The number of aryl methyl sites for hydroxylation is 1. The van der Waals surface area contributed by atoms with Gasteiger partial charge in [-0.2, -0.15) is 0 Å². The van der Waals surface area contributed by atoms with Crippen molar-refractivity contribution < 1.29 is 9.53 Å². The molecule has 3 aromatic carbocycles. The Morgan fingerprint density at radius 1 is 0.929 bits per heavy atom. The van der Waals surface area contributed by atoms with Crippen molar-refractivity contribution >= 4 is 28.9 Å². The summed E-state index contributed by atoms with van der Waals surface area (Å²) in [7, 11) is 0. The van der Waals surface area contributed by atoms with Crippen LogP contribution in [-0.4, -0.2) is 11.0 Å². The van der Waals surface area contributed by atoms with Crippen molar-refractivity contribution in [2.75, 3.05) is 5.32 Å². The third-order valence-electron chi connectivity index (χ3n) is 4.44. The summed E-state index contributed by atoms with van der Waals surface area (Å²) < 4.78 is 5.74. The number of carbonyl (C=O) groups excluding carboxylic acids is 1. The third-order valence-corrected chi connectivity index (χ3v) is 4.65. The van der Waals surface area contributed by atoms with E-state index in [9.17, 15) is 4.79 Å². The summed E-state index contributed by atoms with van der Waals surface area (Å²) in [5.41, 5.74) is 4.74. The van der Waals surface area contributed by atoms with E-state index in [-0.39, 0.29) is 11.0 Å². The van der Waals surface area contributed by atoms with Gasteiger partial charge in [-0.1, -0.05) is 42.5 Å². The van der Waals surface area contributed by atoms with E-state index in [1.165, 1.54) is 0 Å². The van der Waals surface area contributed by atoms with Crippen LogP contribution in [0.15, 0.2) is 72.8 Å². The van der Waals surface area contributed by atoms with Crippen molar-refractivity contribution in [3.63, 3.8) is 0 Å². The highest BCUT2D eigenvalue weighted by Crippen LogP contribution is 2.18. The van der Waals surface area contributed by atoms with E-state index in [0.717, 1.165) is 22.4 Å². The van der Waals surface area contributed by atoms with Gasteiger partial charge in [0.25, 0.3) is 5.91 Å². The number of thiocarbonyl (C=S) groups is 1. The van der Waals surface area contributed by atoms with Gasteiger partial charge >= 0.3 is 0 Å². The molecule has 3 rings (SSSR count). The van der Waals surface area contributed by atoms with Crippen molar-refractivity contribution in [2.24, 2.45) is 0 Å². The second-order valence-corrected chi connectivity index (χ2v) is 6.86. The van der Waals surface area contributed by atoms with Crippen molar-refractivity contribution in [1.82, 2.24) is 5.32 Å². The van der Waals surface area contributed by atoms with Gasteiger partial charge in [-0.15, -0.1) is 0 Å². The van der Waals surface area contributed by atoms with Gasteiger partial charge in [0.1, 0.15) is 12.4 Å². The number of benzene rings is 3. The maximum atomic E-state index is 12.4. The highest BCUT2D eigenvalue weighted by molar-refractivity contribution is 7.80. The van der Waals surface area contributed by atoms with Gasteiger partial charge in [0.2, 0.25) is 0 Å². The first-order valence-corrected chi connectivity index (χ1v) is 9.39. The van der Waals surface area contributed by atoms with Crippen molar-refractivity contribution in [3.8, 4) is 5.75 Å². The SMILES string of the molecule is Cc1cccc(NC(=S)NC(=O)c2ccc(OCc3ccccc3)cc2)c1C. The van der Waals surface area contributed by atoms with E-state index < -0.39 is 0 Å². The fourth-order valence-electron chi connectivity index (χ4n) is 2.66. The average molecular weight is 391 g/mol. The Kier molecular flexibility index (Phi) is 6.40. The number of hydrogen-bond donors (Lipinski definition) is 2. The lowest BCUT2D eigenvalue weighted by Gasteiger charge is -2.13. The van der Waals surface area contributed by atoms with E-state index in [2.05, 4.69) is 10.6 Å². The minimum atomic E-state index is -0.266. The van der Waals surface area contributed by atoms with E-state index in [4.69, 9.17) is 17.0 Å². The molecule has 0 aliphatic heterocycles. The Hall–Kier alpha value is -3.18. The number of nitrogens with one attached hydrogen (secondary N) is 2. The zero-order valence-electron chi connectivity index (χ0n) is 15.9. The maximum Gasteiger partial charge on any atom is 0.257 e. The normalized spacial score (nSPS) is 10.2. The molecule has 0 fully saturated rings. The molecule has 0 bridgehead atoms. The second kappa shape index (κ2) is 9.15. The summed E-state index contributed by atoms with van der Waals surface area (Å²) in [4.78, 5) is 12.4. The molecule has 0 spiro atoms. The molecule has 2 N–H and O–H groups in total. The number of ether oxygens (including phenoxy) is 1. The van der Waals surface area contributed by atoms with Gasteiger partial charge in [-0.05, 0) is 73.1 Å². The van der Waals surface area contributed by atoms with Crippen LogP contribution in [0.4, 0.5) is 5.69 Å². The quantitative estimate of drug-likeness (QED) is 0.601. The fourth-order valence-corrected chi connectivity index (χ4v) is 2.86. The summed E-state index contributed by atoms with van der Waals surface area (Å²) in [5.74, 6) is 0.439. The third kappa shape index (κ3) is 5.18. The summed E-state index contributed by atoms with van der Waals surface area (Å²) in [6, 6.07) is 22.8. The Balaban J connectivity index is 1.55. The van der Waals surface area contributed by atoms with E-state index >= 15 is 0 Å².